The second-order valence-corrected chi connectivity index (χ2v) is 1.41. The molecule has 38 valence electrons. The molecule has 0 aliphatic rings. The Bertz CT molecular complexity index is 20.8. The Balaban J connectivity index is 2.34. The minimum atomic E-state index is 0.0330. The molecule has 4 heteroatoms. The summed E-state index contributed by atoms with van der Waals surface area (Å²) >= 11 is 0.814. The smallest absolute Gasteiger partial charge is 0.0545 e. The molecule has 0 amide bonds. The van der Waals surface area contributed by atoms with E-state index in [1.54, 1.807) is 0 Å². The van der Waals surface area contributed by atoms with E-state index in [4.69, 9.17) is 10.4 Å². The molecule has 0 saturated heterocycles. The minimum Gasteiger partial charge on any atom is -0.395 e. The van der Waals surface area contributed by atoms with E-state index >= 15 is 0 Å². The summed E-state index contributed by atoms with van der Waals surface area (Å²) in [6.07, 6.45) is 0. The Hall–Kier alpha value is 0.230. The fourth-order valence-electron chi connectivity index (χ4n) is 0.0745. The van der Waals surface area contributed by atoms with Crippen molar-refractivity contribution >= 4 is 12.0 Å². The standard InChI is InChI=1S/C2H6O3S/c3-1-2-6-5-4/h3-4H,1-2H2. The van der Waals surface area contributed by atoms with Crippen molar-refractivity contribution in [2.45, 2.75) is 0 Å². The van der Waals surface area contributed by atoms with Gasteiger partial charge in [-0.1, -0.05) is 0 Å². The molecular formula is C2H6O3S. The van der Waals surface area contributed by atoms with Crippen LogP contribution in [0.5, 0.6) is 0 Å². The second kappa shape index (κ2) is 5.23. The van der Waals surface area contributed by atoms with Crippen molar-refractivity contribution in [2.75, 3.05) is 12.4 Å². The van der Waals surface area contributed by atoms with Gasteiger partial charge in [-0.3, -0.25) is 0 Å². The molecule has 0 aromatic heterocycles. The van der Waals surface area contributed by atoms with Crippen LogP contribution in [0.25, 0.3) is 0 Å². The average Bonchev–Trinajstić information content (AvgIpc) is 1.61. The van der Waals surface area contributed by atoms with Crippen LogP contribution in [0.15, 0.2) is 0 Å². The number of rotatable bonds is 3. The normalized spacial score (nSPS) is 9.00. The molecule has 3 nitrogen and oxygen atoms in total. The SMILES string of the molecule is OCCSOO. The van der Waals surface area contributed by atoms with E-state index in [0.29, 0.717) is 5.75 Å². The molecule has 0 atom stereocenters. The van der Waals surface area contributed by atoms with Crippen molar-refractivity contribution in [3.05, 3.63) is 0 Å². The predicted molar refractivity (Wildman–Crippen MR) is 23.3 cm³/mol. The Labute approximate surface area is 40.1 Å². The van der Waals surface area contributed by atoms with Gasteiger partial charge in [0.1, 0.15) is 0 Å². The third-order valence-electron chi connectivity index (χ3n) is 0.227. The van der Waals surface area contributed by atoms with Crippen LogP contribution < -0.4 is 0 Å². The zero-order chi connectivity index (χ0) is 4.83. The molecule has 0 unspecified atom stereocenters. The first kappa shape index (κ1) is 6.23. The van der Waals surface area contributed by atoms with Crippen molar-refractivity contribution in [1.29, 1.82) is 0 Å². The maximum absolute atomic E-state index is 7.99. The molecule has 0 radical (unpaired) electrons. The molecule has 0 spiro atoms. The fraction of sp³-hybridized carbons (Fsp3) is 1.00. The summed E-state index contributed by atoms with van der Waals surface area (Å²) < 4.78 is 3.54. The van der Waals surface area contributed by atoms with Crippen LogP contribution in [0.4, 0.5) is 0 Å². The molecule has 2 N–H and O–H groups in total. The first-order valence-electron chi connectivity index (χ1n) is 1.45. The van der Waals surface area contributed by atoms with Gasteiger partial charge in [0.25, 0.3) is 0 Å². The van der Waals surface area contributed by atoms with Gasteiger partial charge in [0, 0.05) is 17.8 Å². The molecule has 0 bridgehead atoms. The number of hydrogen-bond donors (Lipinski definition) is 2. The van der Waals surface area contributed by atoms with Crippen LogP contribution in [0.3, 0.4) is 0 Å². The van der Waals surface area contributed by atoms with Crippen molar-refractivity contribution in [1.82, 2.24) is 0 Å². The van der Waals surface area contributed by atoms with Crippen molar-refractivity contribution < 1.29 is 14.7 Å². The van der Waals surface area contributed by atoms with Crippen LogP contribution in [-0.4, -0.2) is 22.7 Å². The highest BCUT2D eigenvalue weighted by Gasteiger charge is 1.78. The van der Waals surface area contributed by atoms with E-state index in [9.17, 15) is 0 Å². The zero-order valence-electron chi connectivity index (χ0n) is 3.13. The molecule has 0 aliphatic heterocycles. The van der Waals surface area contributed by atoms with Gasteiger partial charge in [-0.05, 0) is 0 Å². The topological polar surface area (TPSA) is 49.7 Å². The number of aliphatic hydroxyl groups is 1. The lowest BCUT2D eigenvalue weighted by molar-refractivity contribution is -0.116. The molecule has 0 heterocycles. The lowest BCUT2D eigenvalue weighted by Crippen LogP contribution is -1.84. The van der Waals surface area contributed by atoms with Crippen LogP contribution in [0.1, 0.15) is 0 Å². The first-order valence-corrected chi connectivity index (χ1v) is 2.36. The van der Waals surface area contributed by atoms with Gasteiger partial charge in [-0.25, -0.2) is 5.26 Å². The number of aliphatic hydroxyl groups excluding tert-OH is 1. The Morgan fingerprint density at radius 1 is 1.67 bits per heavy atom. The highest BCUT2D eigenvalue weighted by Crippen LogP contribution is 1.94. The molecule has 6 heavy (non-hydrogen) atoms. The molecule has 0 rings (SSSR count). The van der Waals surface area contributed by atoms with Crippen LogP contribution in [0.2, 0.25) is 0 Å². The Morgan fingerprint density at radius 2 is 2.33 bits per heavy atom. The quantitative estimate of drug-likeness (QED) is 0.234. The largest absolute Gasteiger partial charge is 0.395 e. The summed E-state index contributed by atoms with van der Waals surface area (Å²) in [5.74, 6) is 0.413. The first-order chi connectivity index (χ1) is 2.91. The fourth-order valence-corrected chi connectivity index (χ4v) is 0.224. The highest BCUT2D eigenvalue weighted by molar-refractivity contribution is 7.94. The van der Waals surface area contributed by atoms with E-state index in [1.165, 1.54) is 0 Å². The van der Waals surface area contributed by atoms with E-state index in [1.807, 2.05) is 0 Å². The molecule has 0 fully saturated rings. The molecule has 0 aromatic rings. The maximum Gasteiger partial charge on any atom is 0.0545 e. The van der Waals surface area contributed by atoms with Crippen LogP contribution >= 0.6 is 12.0 Å². The lowest BCUT2D eigenvalue weighted by Gasteiger charge is -1.85. The average molecular weight is 110 g/mol. The summed E-state index contributed by atoms with van der Waals surface area (Å²) in [4.78, 5) is 0. The summed E-state index contributed by atoms with van der Waals surface area (Å²) in [5, 5.41) is 15.5. The van der Waals surface area contributed by atoms with E-state index in [2.05, 4.69) is 4.33 Å². The zero-order valence-corrected chi connectivity index (χ0v) is 3.94. The van der Waals surface area contributed by atoms with Gasteiger partial charge in [0.05, 0.1) is 6.61 Å². The van der Waals surface area contributed by atoms with Gasteiger partial charge in [0.2, 0.25) is 0 Å². The summed E-state index contributed by atoms with van der Waals surface area (Å²) in [6.45, 7) is 0.0330. The van der Waals surface area contributed by atoms with E-state index in [0.717, 1.165) is 12.0 Å². The number of hydrogen-bond acceptors (Lipinski definition) is 4. The van der Waals surface area contributed by atoms with Gasteiger partial charge in [0.15, 0.2) is 0 Å². The molecular weight excluding hydrogens is 104 g/mol. The van der Waals surface area contributed by atoms with Gasteiger partial charge < -0.3 is 5.11 Å². The second-order valence-electron chi connectivity index (χ2n) is 0.620. The molecule has 0 saturated carbocycles. The third-order valence-corrected chi connectivity index (χ3v) is 0.682. The monoisotopic (exact) mass is 110 g/mol. The van der Waals surface area contributed by atoms with Crippen LogP contribution in [0, 0.1) is 0 Å². The van der Waals surface area contributed by atoms with E-state index in [-0.39, 0.29) is 6.61 Å². The van der Waals surface area contributed by atoms with Gasteiger partial charge in [-0.2, -0.15) is 4.33 Å². The maximum atomic E-state index is 7.99. The predicted octanol–water partition coefficient (Wildman–Crippen LogP) is 0.116. The van der Waals surface area contributed by atoms with E-state index < -0.39 is 0 Å². The van der Waals surface area contributed by atoms with Crippen molar-refractivity contribution in [2.24, 2.45) is 0 Å². The summed E-state index contributed by atoms with van der Waals surface area (Å²) in [7, 11) is 0. The highest BCUT2D eigenvalue weighted by atomic mass is 32.2. The molecule has 0 aliphatic carbocycles. The Kier molecular flexibility index (Phi) is 5.43. The minimum absolute atomic E-state index is 0.0330. The van der Waals surface area contributed by atoms with Crippen molar-refractivity contribution in [3.63, 3.8) is 0 Å². The lowest BCUT2D eigenvalue weighted by atomic mass is 10.9. The third kappa shape index (κ3) is 4.23. The summed E-state index contributed by atoms with van der Waals surface area (Å²) in [5.41, 5.74) is 0. The summed E-state index contributed by atoms with van der Waals surface area (Å²) in [6, 6.07) is 0. The molecule has 0 aromatic carbocycles. The Morgan fingerprint density at radius 3 is 2.50 bits per heavy atom. The van der Waals surface area contributed by atoms with Crippen LogP contribution in [-0.2, 0) is 4.33 Å². The van der Waals surface area contributed by atoms with Gasteiger partial charge in [-0.15, -0.1) is 0 Å². The van der Waals surface area contributed by atoms with Crippen molar-refractivity contribution in [3.8, 4) is 0 Å². The van der Waals surface area contributed by atoms with Gasteiger partial charge >= 0.3 is 0 Å².